The third-order valence-corrected chi connectivity index (χ3v) is 7.34. The monoisotopic (exact) mass is 522 g/mol. The van der Waals surface area contributed by atoms with Gasteiger partial charge in [0.05, 0.1) is 29.8 Å². The molecule has 0 spiro atoms. The predicted octanol–water partition coefficient (Wildman–Crippen LogP) is 4.21. The molecule has 3 saturated heterocycles. The molecule has 5 rings (SSSR count). The van der Waals surface area contributed by atoms with Crippen LogP contribution in [0.15, 0.2) is 10.5 Å². The number of aryl methyl sites for hydroxylation is 1. The summed E-state index contributed by atoms with van der Waals surface area (Å²) in [5.41, 5.74) is 0.461. The molecule has 2 unspecified atom stereocenters. The van der Waals surface area contributed by atoms with Gasteiger partial charge < -0.3 is 19.1 Å². The van der Waals surface area contributed by atoms with Crippen molar-refractivity contribution in [1.82, 2.24) is 14.9 Å². The average molecular weight is 523 g/mol. The molecule has 10 heteroatoms. The van der Waals surface area contributed by atoms with E-state index in [1.165, 1.54) is 0 Å². The third kappa shape index (κ3) is 4.12. The van der Waals surface area contributed by atoms with Crippen molar-refractivity contribution in [3.05, 3.63) is 21.9 Å². The van der Waals surface area contributed by atoms with E-state index in [0.29, 0.717) is 42.0 Å². The van der Waals surface area contributed by atoms with Crippen LogP contribution in [0, 0.1) is 12.7 Å². The molecular formula is C23H28BrFN4O4. The number of nitrogens with zero attached hydrogens (tertiary/aromatic N) is 4. The molecule has 0 saturated carbocycles. The third-order valence-electron chi connectivity index (χ3n) is 6.37. The van der Waals surface area contributed by atoms with Gasteiger partial charge in [0.15, 0.2) is 5.82 Å². The Morgan fingerprint density at radius 3 is 2.58 bits per heavy atom. The quantitative estimate of drug-likeness (QED) is 0.597. The summed E-state index contributed by atoms with van der Waals surface area (Å²) >= 11 is 3.33. The van der Waals surface area contributed by atoms with Gasteiger partial charge in [-0.2, -0.15) is 9.97 Å². The first-order chi connectivity index (χ1) is 15.6. The number of aromatic nitrogens is 2. The molecule has 4 heterocycles. The maximum Gasteiger partial charge on any atom is 0.410 e. The van der Waals surface area contributed by atoms with E-state index in [-0.39, 0.29) is 35.8 Å². The Hall–Kier alpha value is -2.20. The number of fused-ring (bicyclic) bond motifs is 2. The molecular weight excluding hydrogens is 495 g/mol. The SMILES string of the molecule is Cc1cc2c(N3CC4C3CN4C(=O)OC(C)(C)C)nc(OC3CCOCC3)nc2c(F)c1Br. The summed E-state index contributed by atoms with van der Waals surface area (Å²) < 4.78 is 32.5. The van der Waals surface area contributed by atoms with Gasteiger partial charge >= 0.3 is 12.1 Å². The molecule has 8 nitrogen and oxygen atoms in total. The highest BCUT2D eigenvalue weighted by Crippen LogP contribution is 2.42. The van der Waals surface area contributed by atoms with E-state index in [9.17, 15) is 4.79 Å². The van der Waals surface area contributed by atoms with Crippen molar-refractivity contribution in [2.45, 2.75) is 64.3 Å². The molecule has 3 aliphatic rings. The Morgan fingerprint density at radius 2 is 1.94 bits per heavy atom. The summed E-state index contributed by atoms with van der Waals surface area (Å²) in [6, 6.07) is 2.24. The second-order valence-corrected chi connectivity index (χ2v) is 10.7. The molecule has 178 valence electrons. The number of hydrogen-bond donors (Lipinski definition) is 0. The van der Waals surface area contributed by atoms with Crippen molar-refractivity contribution in [3.63, 3.8) is 0 Å². The van der Waals surface area contributed by atoms with Gasteiger partial charge in [-0.3, -0.25) is 4.90 Å². The van der Waals surface area contributed by atoms with Gasteiger partial charge in [-0.15, -0.1) is 0 Å². The van der Waals surface area contributed by atoms with Crippen molar-refractivity contribution in [2.75, 3.05) is 31.2 Å². The molecule has 33 heavy (non-hydrogen) atoms. The minimum atomic E-state index is -0.534. The number of halogens is 2. The van der Waals surface area contributed by atoms with E-state index in [4.69, 9.17) is 19.2 Å². The van der Waals surface area contributed by atoms with Crippen LogP contribution in [0.3, 0.4) is 0 Å². The largest absolute Gasteiger partial charge is 0.460 e. The molecule has 0 radical (unpaired) electrons. The number of benzene rings is 1. The van der Waals surface area contributed by atoms with Crippen LogP contribution in [0.4, 0.5) is 15.0 Å². The van der Waals surface area contributed by atoms with E-state index in [0.717, 1.165) is 18.4 Å². The highest BCUT2D eigenvalue weighted by molar-refractivity contribution is 9.10. The lowest BCUT2D eigenvalue weighted by Crippen LogP contribution is -2.80. The molecule has 1 aromatic carbocycles. The van der Waals surface area contributed by atoms with Gasteiger partial charge in [0.1, 0.15) is 23.0 Å². The summed E-state index contributed by atoms with van der Waals surface area (Å²) in [7, 11) is 0. The topological polar surface area (TPSA) is 77.0 Å². The predicted molar refractivity (Wildman–Crippen MR) is 124 cm³/mol. The first-order valence-electron chi connectivity index (χ1n) is 11.3. The van der Waals surface area contributed by atoms with Gasteiger partial charge in [0, 0.05) is 31.3 Å². The van der Waals surface area contributed by atoms with Crippen molar-refractivity contribution in [1.29, 1.82) is 0 Å². The van der Waals surface area contributed by atoms with Crippen LogP contribution in [0.2, 0.25) is 0 Å². The molecule has 1 aromatic heterocycles. The fraction of sp³-hybridized carbons (Fsp3) is 0.609. The number of anilines is 1. The lowest BCUT2D eigenvalue weighted by molar-refractivity contribution is -0.0312. The van der Waals surface area contributed by atoms with Crippen molar-refractivity contribution < 1.29 is 23.4 Å². The molecule has 3 fully saturated rings. The normalized spacial score (nSPS) is 23.1. The molecule has 2 atom stereocenters. The fourth-order valence-corrected chi connectivity index (χ4v) is 4.84. The zero-order chi connectivity index (χ0) is 23.5. The Labute approximate surface area is 200 Å². The van der Waals surface area contributed by atoms with Crippen LogP contribution < -0.4 is 9.64 Å². The molecule has 3 aliphatic heterocycles. The van der Waals surface area contributed by atoms with E-state index in [1.54, 1.807) is 4.90 Å². The average Bonchev–Trinajstić information content (AvgIpc) is 2.73. The Kier molecular flexibility index (Phi) is 5.63. The van der Waals surface area contributed by atoms with Crippen LogP contribution in [-0.2, 0) is 9.47 Å². The fourth-order valence-electron chi connectivity index (χ4n) is 4.54. The number of rotatable bonds is 3. The Balaban J connectivity index is 1.43. The van der Waals surface area contributed by atoms with Gasteiger partial charge in [-0.1, -0.05) is 0 Å². The first-order valence-corrected chi connectivity index (χ1v) is 12.1. The molecule has 0 bridgehead atoms. The summed E-state index contributed by atoms with van der Waals surface area (Å²) in [4.78, 5) is 25.5. The van der Waals surface area contributed by atoms with E-state index in [2.05, 4.69) is 25.8 Å². The van der Waals surface area contributed by atoms with Gasteiger partial charge in [0.25, 0.3) is 0 Å². The summed E-state index contributed by atoms with van der Waals surface area (Å²) in [6.07, 6.45) is 1.13. The van der Waals surface area contributed by atoms with Gasteiger partial charge in [-0.25, -0.2) is 9.18 Å². The van der Waals surface area contributed by atoms with E-state index >= 15 is 4.39 Å². The number of piperazine rings is 1. The van der Waals surface area contributed by atoms with Crippen LogP contribution in [-0.4, -0.2) is 71.1 Å². The number of amides is 1. The number of likely N-dealkylation sites (tertiary alicyclic amines) is 1. The highest BCUT2D eigenvalue weighted by Gasteiger charge is 2.55. The second kappa shape index (κ2) is 8.23. The zero-order valence-electron chi connectivity index (χ0n) is 19.2. The van der Waals surface area contributed by atoms with Gasteiger partial charge in [-0.05, 0) is 55.3 Å². The van der Waals surface area contributed by atoms with Gasteiger partial charge in [0.2, 0.25) is 0 Å². The number of carbonyl (C=O) groups is 1. The lowest BCUT2D eigenvalue weighted by Gasteiger charge is -2.61. The lowest BCUT2D eigenvalue weighted by atomic mass is 9.85. The van der Waals surface area contributed by atoms with E-state index in [1.807, 2.05) is 33.8 Å². The standard InChI is InChI=1S/C23H28BrFN4O4/c1-12-9-14-19(18(25)17(12)24)26-21(32-13-5-7-31-8-6-13)27-20(14)28-10-16-15(28)11-29(16)22(30)33-23(2,3)4/h9,13,15-16H,5-8,10-11H2,1-4H3. The summed E-state index contributed by atoms with van der Waals surface area (Å²) in [5, 5.41) is 0.640. The van der Waals surface area contributed by atoms with Crippen molar-refractivity contribution in [3.8, 4) is 6.01 Å². The van der Waals surface area contributed by atoms with Crippen molar-refractivity contribution in [2.24, 2.45) is 0 Å². The highest BCUT2D eigenvalue weighted by atomic mass is 79.9. The Morgan fingerprint density at radius 1 is 1.21 bits per heavy atom. The summed E-state index contributed by atoms with van der Waals surface area (Å²) in [5.74, 6) is 0.216. The molecule has 1 amide bonds. The summed E-state index contributed by atoms with van der Waals surface area (Å²) in [6.45, 7) is 9.81. The van der Waals surface area contributed by atoms with Crippen LogP contribution >= 0.6 is 15.9 Å². The number of carbonyl (C=O) groups excluding carboxylic acids is 1. The minimum absolute atomic E-state index is 0.0588. The second-order valence-electron chi connectivity index (χ2n) is 9.90. The van der Waals surface area contributed by atoms with Crippen LogP contribution in [0.1, 0.15) is 39.2 Å². The zero-order valence-corrected chi connectivity index (χ0v) is 20.8. The number of hydrogen-bond acceptors (Lipinski definition) is 7. The number of ether oxygens (including phenoxy) is 3. The molecule has 2 aromatic rings. The van der Waals surface area contributed by atoms with Crippen LogP contribution in [0.25, 0.3) is 10.9 Å². The maximum absolute atomic E-state index is 15.2. The molecule has 0 aliphatic carbocycles. The van der Waals surface area contributed by atoms with Crippen molar-refractivity contribution >= 4 is 38.7 Å². The van der Waals surface area contributed by atoms with E-state index < -0.39 is 11.4 Å². The van der Waals surface area contributed by atoms with Crippen LogP contribution in [0.5, 0.6) is 6.01 Å². The minimum Gasteiger partial charge on any atom is -0.460 e. The maximum atomic E-state index is 15.2. The Bertz CT molecular complexity index is 1100. The molecule has 0 N–H and O–H groups in total. The first kappa shape index (κ1) is 22.6. The smallest absolute Gasteiger partial charge is 0.410 e.